The second kappa shape index (κ2) is 6.49. The quantitative estimate of drug-likeness (QED) is 0.732. The molecule has 2 nitrogen and oxygen atoms in total. The van der Waals surface area contributed by atoms with Crippen molar-refractivity contribution in [1.29, 1.82) is 0 Å². The van der Waals surface area contributed by atoms with E-state index in [4.69, 9.17) is 16.3 Å². The van der Waals surface area contributed by atoms with Crippen LogP contribution in [0.25, 0.3) is 0 Å². The molecule has 1 N–H and O–H groups in total. The average Bonchev–Trinajstić information content (AvgIpc) is 1.77. The van der Waals surface area contributed by atoms with Crippen molar-refractivity contribution in [3.8, 4) is 0 Å². The second-order valence-corrected chi connectivity index (χ2v) is 10.8. The highest BCUT2D eigenvalue weighted by molar-refractivity contribution is 8.67. The maximum Gasteiger partial charge on any atom is 0.245 e. The molecule has 0 saturated carbocycles. The van der Waals surface area contributed by atoms with Gasteiger partial charge in [0.2, 0.25) is 5.69 Å². The Balaban J connectivity index is 4.02. The second-order valence-electron chi connectivity index (χ2n) is 4.17. The standard InChI is InChI=1S/C9H21O2PS2/c1-7(2)6-9(5)11-12(10,13)14-8(3)4/h7-9H,6H2,1-5H3,(H,10,13). The lowest BCUT2D eigenvalue weighted by Gasteiger charge is -2.22. The summed E-state index contributed by atoms with van der Waals surface area (Å²) >= 11 is 6.43. The molecule has 0 aliphatic carbocycles. The van der Waals surface area contributed by atoms with Crippen molar-refractivity contribution < 1.29 is 9.42 Å². The van der Waals surface area contributed by atoms with Gasteiger partial charge in [-0.1, -0.05) is 39.1 Å². The zero-order chi connectivity index (χ0) is 11.4. The van der Waals surface area contributed by atoms with Crippen molar-refractivity contribution in [2.45, 2.75) is 52.4 Å². The Morgan fingerprint density at radius 1 is 1.29 bits per heavy atom. The van der Waals surface area contributed by atoms with Crippen LogP contribution in [0.2, 0.25) is 0 Å². The van der Waals surface area contributed by atoms with Gasteiger partial charge in [-0.2, -0.15) is 0 Å². The van der Waals surface area contributed by atoms with Crippen molar-refractivity contribution in [2.75, 3.05) is 0 Å². The normalized spacial score (nSPS) is 18.6. The van der Waals surface area contributed by atoms with Crippen LogP contribution in [0.3, 0.4) is 0 Å². The van der Waals surface area contributed by atoms with Crippen LogP contribution in [0.5, 0.6) is 0 Å². The van der Waals surface area contributed by atoms with E-state index in [0.29, 0.717) is 11.2 Å². The fraction of sp³-hybridized carbons (Fsp3) is 1.00. The summed E-state index contributed by atoms with van der Waals surface area (Å²) in [6, 6.07) is 0. The molecule has 0 fully saturated rings. The lowest BCUT2D eigenvalue weighted by molar-refractivity contribution is 0.199. The number of hydrogen-bond acceptors (Lipinski definition) is 3. The fourth-order valence-corrected chi connectivity index (χ4v) is 6.53. The first-order valence-electron chi connectivity index (χ1n) is 4.92. The van der Waals surface area contributed by atoms with Gasteiger partial charge in [-0.3, -0.25) is 0 Å². The molecule has 0 aliphatic heterocycles. The molecule has 0 aromatic rings. The molecule has 0 aromatic heterocycles. The van der Waals surface area contributed by atoms with Gasteiger partial charge in [0, 0.05) is 5.25 Å². The summed E-state index contributed by atoms with van der Waals surface area (Å²) in [6.45, 7) is 10.3. The first-order chi connectivity index (χ1) is 6.23. The highest BCUT2D eigenvalue weighted by Crippen LogP contribution is 2.59. The van der Waals surface area contributed by atoms with Gasteiger partial charge in [0.15, 0.2) is 0 Å². The van der Waals surface area contributed by atoms with E-state index in [9.17, 15) is 4.89 Å². The van der Waals surface area contributed by atoms with E-state index in [1.54, 1.807) is 0 Å². The van der Waals surface area contributed by atoms with Crippen LogP contribution >= 0.6 is 17.1 Å². The molecule has 0 amide bonds. The zero-order valence-corrected chi connectivity index (χ0v) is 12.1. The third kappa shape index (κ3) is 8.25. The predicted octanol–water partition coefficient (Wildman–Crippen LogP) is 3.80. The third-order valence-electron chi connectivity index (χ3n) is 1.46. The molecule has 5 heteroatoms. The van der Waals surface area contributed by atoms with E-state index in [1.807, 2.05) is 20.8 Å². The monoisotopic (exact) mass is 256 g/mol. The minimum Gasteiger partial charge on any atom is -0.337 e. The molecule has 0 aromatic carbocycles. The maximum absolute atomic E-state index is 9.83. The largest absolute Gasteiger partial charge is 0.337 e. The van der Waals surface area contributed by atoms with E-state index < -0.39 is 5.69 Å². The summed E-state index contributed by atoms with van der Waals surface area (Å²) in [5.41, 5.74) is -2.61. The van der Waals surface area contributed by atoms with Crippen molar-refractivity contribution in [2.24, 2.45) is 5.92 Å². The molecule has 0 rings (SSSR count). The predicted molar refractivity (Wildman–Crippen MR) is 69.2 cm³/mol. The van der Waals surface area contributed by atoms with Gasteiger partial charge >= 0.3 is 0 Å². The Morgan fingerprint density at radius 2 is 1.79 bits per heavy atom. The minimum absolute atomic E-state index is 0.0529. The molecule has 2 unspecified atom stereocenters. The van der Waals surface area contributed by atoms with Crippen LogP contribution < -0.4 is 0 Å². The van der Waals surface area contributed by atoms with Gasteiger partial charge in [0.1, 0.15) is 0 Å². The summed E-state index contributed by atoms with van der Waals surface area (Å²) in [6.07, 6.45) is 0.995. The van der Waals surface area contributed by atoms with E-state index >= 15 is 0 Å². The van der Waals surface area contributed by atoms with Crippen molar-refractivity contribution in [1.82, 2.24) is 0 Å². The topological polar surface area (TPSA) is 29.5 Å². The first kappa shape index (κ1) is 14.9. The van der Waals surface area contributed by atoms with Gasteiger partial charge < -0.3 is 9.42 Å². The molecule has 0 radical (unpaired) electrons. The van der Waals surface area contributed by atoms with E-state index in [2.05, 4.69) is 13.8 Å². The van der Waals surface area contributed by atoms with Crippen molar-refractivity contribution >= 4 is 28.9 Å². The molecule has 0 saturated heterocycles. The average molecular weight is 256 g/mol. The summed E-state index contributed by atoms with van der Waals surface area (Å²) in [5, 5.41) is 0.317. The van der Waals surface area contributed by atoms with Crippen LogP contribution in [0, 0.1) is 5.92 Å². The Kier molecular flexibility index (Phi) is 6.92. The SMILES string of the molecule is CC(C)CC(C)OP(O)(=S)SC(C)C. The summed E-state index contributed by atoms with van der Waals surface area (Å²) in [5.74, 6) is 0.573. The smallest absolute Gasteiger partial charge is 0.245 e. The molecule has 0 spiro atoms. The molecular weight excluding hydrogens is 235 g/mol. The maximum atomic E-state index is 9.83. The van der Waals surface area contributed by atoms with Gasteiger partial charge in [-0.15, -0.1) is 0 Å². The van der Waals surface area contributed by atoms with Crippen LogP contribution in [0.15, 0.2) is 0 Å². The van der Waals surface area contributed by atoms with Crippen LogP contribution in [-0.4, -0.2) is 16.2 Å². The highest BCUT2D eigenvalue weighted by atomic mass is 32.9. The highest BCUT2D eigenvalue weighted by Gasteiger charge is 2.20. The molecule has 0 heterocycles. The summed E-state index contributed by atoms with van der Waals surface area (Å²) in [4.78, 5) is 9.83. The van der Waals surface area contributed by atoms with Crippen LogP contribution in [-0.2, 0) is 16.3 Å². The van der Waals surface area contributed by atoms with Gasteiger partial charge in [-0.05, 0) is 31.1 Å². The summed E-state index contributed by atoms with van der Waals surface area (Å²) < 4.78 is 5.50. The number of rotatable bonds is 6. The van der Waals surface area contributed by atoms with Gasteiger partial charge in [-0.25, -0.2) is 0 Å². The Labute approximate surface area is 96.7 Å². The zero-order valence-electron chi connectivity index (χ0n) is 9.56. The molecule has 86 valence electrons. The van der Waals surface area contributed by atoms with Crippen molar-refractivity contribution in [3.05, 3.63) is 0 Å². The molecule has 0 aliphatic rings. The molecule has 2 atom stereocenters. The van der Waals surface area contributed by atoms with E-state index in [1.165, 1.54) is 11.4 Å². The Hall–Kier alpha value is 0.920. The van der Waals surface area contributed by atoms with Gasteiger partial charge in [0.05, 0.1) is 6.10 Å². The number of hydrogen-bond donors (Lipinski definition) is 1. The summed E-state index contributed by atoms with van der Waals surface area (Å²) in [7, 11) is 0. The molecule has 14 heavy (non-hydrogen) atoms. The minimum atomic E-state index is -2.61. The van der Waals surface area contributed by atoms with Crippen molar-refractivity contribution in [3.63, 3.8) is 0 Å². The molecule has 0 bridgehead atoms. The molecular formula is C9H21O2PS2. The lowest BCUT2D eigenvalue weighted by Crippen LogP contribution is -2.09. The fourth-order valence-electron chi connectivity index (χ4n) is 1.23. The van der Waals surface area contributed by atoms with Gasteiger partial charge in [0.25, 0.3) is 0 Å². The van der Waals surface area contributed by atoms with E-state index in [-0.39, 0.29) is 6.10 Å². The Bertz CT molecular complexity index is 207. The first-order valence-corrected chi connectivity index (χ1v) is 9.08. The van der Waals surface area contributed by atoms with Crippen LogP contribution in [0.1, 0.15) is 41.0 Å². The lowest BCUT2D eigenvalue weighted by atomic mass is 10.1. The Morgan fingerprint density at radius 3 is 2.14 bits per heavy atom. The van der Waals surface area contributed by atoms with Crippen LogP contribution in [0.4, 0.5) is 0 Å². The third-order valence-corrected chi connectivity index (χ3v) is 6.13. The van der Waals surface area contributed by atoms with E-state index in [0.717, 1.165) is 6.42 Å².